The van der Waals surface area contributed by atoms with Crippen molar-refractivity contribution < 1.29 is 23.1 Å². The topological polar surface area (TPSA) is 88.1 Å². The fourth-order valence-electron chi connectivity index (χ4n) is 2.68. The van der Waals surface area contributed by atoms with E-state index in [1.807, 2.05) is 35.8 Å². The summed E-state index contributed by atoms with van der Waals surface area (Å²) in [6.07, 6.45) is -0.690. The molecule has 0 aliphatic heterocycles. The minimum atomic E-state index is -3.18. The van der Waals surface area contributed by atoms with Crippen LogP contribution in [0.5, 0.6) is 0 Å². The standard InChI is InChI=1S/C15H26N2O5Si/c1-5-14(21-10-11(2)18)23(19-3,20-4)22-15(16)17-12-6-7-13(17)9-8-12/h6-9,11,14-15,18H,5,10,16H2,1-4H3. The molecule has 0 radical (unpaired) electrons. The van der Waals surface area contributed by atoms with Crippen LogP contribution in [0.15, 0.2) is 24.3 Å². The second kappa shape index (κ2) is 7.71. The molecule has 130 valence electrons. The summed E-state index contributed by atoms with van der Waals surface area (Å²) in [4.78, 5) is 0. The summed E-state index contributed by atoms with van der Waals surface area (Å²) < 4.78 is 24.9. The lowest BCUT2D eigenvalue weighted by atomic mass is 10.4. The van der Waals surface area contributed by atoms with Crippen LogP contribution in [0.1, 0.15) is 26.6 Å². The van der Waals surface area contributed by atoms with Crippen molar-refractivity contribution in [1.82, 2.24) is 4.57 Å². The van der Waals surface area contributed by atoms with Gasteiger partial charge in [0.25, 0.3) is 0 Å². The zero-order chi connectivity index (χ0) is 17.0. The largest absolute Gasteiger partial charge is 0.533 e. The van der Waals surface area contributed by atoms with Gasteiger partial charge in [0.15, 0.2) is 6.35 Å². The van der Waals surface area contributed by atoms with E-state index in [0.717, 1.165) is 11.0 Å². The van der Waals surface area contributed by atoms with Crippen LogP contribution in [0.25, 0.3) is 11.0 Å². The van der Waals surface area contributed by atoms with Gasteiger partial charge in [0.05, 0.1) is 12.7 Å². The molecule has 3 unspecified atom stereocenters. The smallest absolute Gasteiger partial charge is 0.391 e. The summed E-state index contributed by atoms with van der Waals surface area (Å²) >= 11 is 0. The van der Waals surface area contributed by atoms with Gasteiger partial charge < -0.3 is 27.7 Å². The third-order valence-electron chi connectivity index (χ3n) is 3.82. The summed E-state index contributed by atoms with van der Waals surface area (Å²) in [7, 11) is -0.116. The van der Waals surface area contributed by atoms with E-state index >= 15 is 0 Å². The van der Waals surface area contributed by atoms with E-state index in [1.165, 1.54) is 14.2 Å². The summed E-state index contributed by atoms with van der Waals surface area (Å²) in [5.74, 6) is 0. The highest BCUT2D eigenvalue weighted by atomic mass is 28.4. The lowest BCUT2D eigenvalue weighted by Gasteiger charge is -2.35. The highest BCUT2D eigenvalue weighted by Gasteiger charge is 2.50. The molecule has 2 aromatic heterocycles. The quantitative estimate of drug-likeness (QED) is 0.502. The average molecular weight is 342 g/mol. The minimum absolute atomic E-state index is 0.181. The van der Waals surface area contributed by atoms with Crippen LogP contribution >= 0.6 is 0 Å². The molecule has 0 amide bonds. The van der Waals surface area contributed by atoms with E-state index in [1.54, 1.807) is 6.92 Å². The molecule has 3 N–H and O–H groups in total. The van der Waals surface area contributed by atoms with E-state index in [-0.39, 0.29) is 6.61 Å². The molecule has 0 aliphatic rings. The molecule has 2 rings (SSSR count). The fourth-order valence-corrected chi connectivity index (χ4v) is 4.96. The molecular weight excluding hydrogens is 316 g/mol. The number of nitrogens with zero attached hydrogens (tertiary/aromatic N) is 1. The van der Waals surface area contributed by atoms with Crippen molar-refractivity contribution >= 4 is 19.8 Å². The van der Waals surface area contributed by atoms with Gasteiger partial charge in [-0.3, -0.25) is 5.73 Å². The Morgan fingerprint density at radius 3 is 2.09 bits per heavy atom. The van der Waals surface area contributed by atoms with Crippen LogP contribution in [-0.4, -0.2) is 51.1 Å². The van der Waals surface area contributed by atoms with E-state index in [9.17, 15) is 5.11 Å². The fraction of sp³-hybridized carbons (Fsp3) is 0.600. The Labute approximate surface area is 137 Å². The van der Waals surface area contributed by atoms with Crippen molar-refractivity contribution in [3.05, 3.63) is 24.3 Å². The second-order valence-electron chi connectivity index (χ2n) is 5.49. The Morgan fingerprint density at radius 1 is 1.17 bits per heavy atom. The van der Waals surface area contributed by atoms with Gasteiger partial charge in [0.2, 0.25) is 0 Å². The lowest BCUT2D eigenvalue weighted by Crippen LogP contribution is -2.58. The van der Waals surface area contributed by atoms with Gasteiger partial charge in [-0.15, -0.1) is 0 Å². The van der Waals surface area contributed by atoms with Crippen molar-refractivity contribution in [1.29, 1.82) is 0 Å². The highest BCUT2D eigenvalue weighted by molar-refractivity contribution is 6.62. The molecule has 23 heavy (non-hydrogen) atoms. The maximum absolute atomic E-state index is 9.45. The molecular formula is C15H26N2O5Si. The van der Waals surface area contributed by atoms with Crippen molar-refractivity contribution in [2.75, 3.05) is 20.8 Å². The van der Waals surface area contributed by atoms with Gasteiger partial charge in [-0.1, -0.05) is 6.92 Å². The number of aliphatic hydroxyl groups excluding tert-OH is 1. The van der Waals surface area contributed by atoms with Gasteiger partial charge >= 0.3 is 8.80 Å². The molecule has 0 aliphatic carbocycles. The zero-order valence-corrected chi connectivity index (χ0v) is 15.1. The van der Waals surface area contributed by atoms with Crippen LogP contribution in [0.2, 0.25) is 0 Å². The normalized spacial score (nSPS) is 16.8. The third kappa shape index (κ3) is 3.74. The van der Waals surface area contributed by atoms with Gasteiger partial charge in [-0.05, 0) is 37.6 Å². The number of aromatic nitrogens is 1. The number of nitrogens with two attached hydrogens (primary N) is 1. The summed E-state index contributed by atoms with van der Waals surface area (Å²) in [5.41, 5.74) is 7.77. The van der Waals surface area contributed by atoms with Gasteiger partial charge in [0, 0.05) is 25.3 Å². The number of hydrogen-bond donors (Lipinski definition) is 2. The number of hydrogen-bond acceptors (Lipinski definition) is 6. The predicted molar refractivity (Wildman–Crippen MR) is 88.9 cm³/mol. The Bertz CT molecular complexity index is 539. The summed E-state index contributed by atoms with van der Waals surface area (Å²) in [6.45, 7) is 3.79. The maximum atomic E-state index is 9.45. The van der Waals surface area contributed by atoms with Crippen LogP contribution < -0.4 is 5.73 Å². The summed E-state index contributed by atoms with van der Waals surface area (Å²) in [6, 6.07) is 7.90. The molecule has 8 heteroatoms. The van der Waals surface area contributed by atoms with Gasteiger partial charge in [0.1, 0.15) is 5.73 Å². The van der Waals surface area contributed by atoms with Gasteiger partial charge in [-0.2, -0.15) is 0 Å². The van der Waals surface area contributed by atoms with Crippen LogP contribution in [0, 0.1) is 0 Å². The molecule has 7 nitrogen and oxygen atoms in total. The molecule has 0 saturated carbocycles. The summed E-state index contributed by atoms with van der Waals surface area (Å²) in [5, 5.41) is 9.45. The first-order chi connectivity index (χ1) is 11.0. The molecule has 2 bridgehead atoms. The maximum Gasteiger partial charge on any atom is 0.533 e. The van der Waals surface area contributed by atoms with Gasteiger partial charge in [-0.25, -0.2) is 0 Å². The molecule has 3 atom stereocenters. The predicted octanol–water partition coefficient (Wildman–Crippen LogP) is 1.46. The first-order valence-corrected chi connectivity index (χ1v) is 9.50. The highest BCUT2D eigenvalue weighted by Crippen LogP contribution is 2.27. The minimum Gasteiger partial charge on any atom is -0.391 e. The molecule has 0 saturated heterocycles. The van der Waals surface area contributed by atoms with E-state index in [2.05, 4.69) is 0 Å². The Hall–Kier alpha value is -1.00. The van der Waals surface area contributed by atoms with Crippen LogP contribution in [0.4, 0.5) is 0 Å². The monoisotopic (exact) mass is 342 g/mol. The molecule has 0 fully saturated rings. The van der Waals surface area contributed by atoms with Crippen LogP contribution in [-0.2, 0) is 18.0 Å². The Balaban J connectivity index is 2.18. The first-order valence-electron chi connectivity index (χ1n) is 7.70. The molecule has 2 aromatic rings. The number of aliphatic hydroxyl groups is 1. The van der Waals surface area contributed by atoms with Crippen molar-refractivity contribution in [2.45, 2.75) is 38.5 Å². The number of ether oxygens (including phenoxy) is 1. The van der Waals surface area contributed by atoms with Crippen molar-refractivity contribution in [3.63, 3.8) is 0 Å². The van der Waals surface area contributed by atoms with Crippen molar-refractivity contribution in [3.8, 4) is 0 Å². The molecule has 0 aromatic carbocycles. The SMILES string of the molecule is CCC(OCC(C)O)[Si](OC)(OC)OC(N)n1c2ccc1cc2. The number of fused-ring (bicyclic) bond motifs is 2. The average Bonchev–Trinajstić information content (AvgIpc) is 3.14. The molecule has 2 heterocycles. The molecule has 0 spiro atoms. The van der Waals surface area contributed by atoms with Crippen molar-refractivity contribution in [2.24, 2.45) is 5.73 Å². The Kier molecular flexibility index (Phi) is 6.15. The Morgan fingerprint density at radius 2 is 1.70 bits per heavy atom. The van der Waals surface area contributed by atoms with Crippen LogP contribution in [0.3, 0.4) is 0 Å². The first kappa shape index (κ1) is 18.3. The van der Waals surface area contributed by atoms with E-state index in [4.69, 9.17) is 23.7 Å². The van der Waals surface area contributed by atoms with E-state index in [0.29, 0.717) is 6.42 Å². The van der Waals surface area contributed by atoms with E-state index < -0.39 is 27.0 Å². The zero-order valence-electron chi connectivity index (χ0n) is 14.1. The lowest BCUT2D eigenvalue weighted by molar-refractivity contribution is -0.0469. The number of benzene rings is 1. The second-order valence-corrected chi connectivity index (χ2v) is 8.39. The third-order valence-corrected chi connectivity index (χ3v) is 6.89. The number of rotatable bonds is 10.